The number of guanidine groups is 1. The van der Waals surface area contributed by atoms with Gasteiger partial charge in [0.05, 0.1) is 10.2 Å². The van der Waals surface area contributed by atoms with Gasteiger partial charge in [0.1, 0.15) is 6.04 Å². The Morgan fingerprint density at radius 2 is 2.08 bits per heavy atom. The van der Waals surface area contributed by atoms with Crippen LogP contribution >= 0.6 is 11.3 Å². The number of amides is 1. The molecule has 1 saturated heterocycles. The number of nitrogens with zero attached hydrogens (tertiary/aromatic N) is 2. The summed E-state index contributed by atoms with van der Waals surface area (Å²) in [5.41, 5.74) is 11.9. The van der Waals surface area contributed by atoms with Crippen LogP contribution in [0.4, 0.5) is 0 Å². The lowest BCUT2D eigenvalue weighted by atomic mass is 9.84. The molecule has 2 heterocycles. The van der Waals surface area contributed by atoms with Gasteiger partial charge in [0.2, 0.25) is 5.91 Å². The average molecular weight is 359 g/mol. The number of nitrogens with one attached hydrogen (secondary N) is 1. The first-order chi connectivity index (χ1) is 12.0. The Hall–Kier alpha value is -2.48. The number of rotatable bonds is 5. The number of fused-ring (bicyclic) bond motifs is 1. The van der Waals surface area contributed by atoms with Gasteiger partial charge in [0, 0.05) is 13.0 Å². The summed E-state index contributed by atoms with van der Waals surface area (Å²) in [5, 5.41) is 8.13. The monoisotopic (exact) mass is 359 g/mol. The third kappa shape index (κ3) is 3.63. The number of ketones is 1. The van der Waals surface area contributed by atoms with Gasteiger partial charge in [-0.25, -0.2) is 4.98 Å². The van der Waals surface area contributed by atoms with Gasteiger partial charge < -0.3 is 16.4 Å². The number of aromatic nitrogens is 1. The minimum atomic E-state index is -0.616. The maximum absolute atomic E-state index is 12.5. The van der Waals surface area contributed by atoms with Crippen LogP contribution in [0.5, 0.6) is 0 Å². The Labute approximate surface area is 149 Å². The molecule has 132 valence electrons. The first kappa shape index (κ1) is 17.3. The molecule has 8 heteroatoms. The van der Waals surface area contributed by atoms with Gasteiger partial charge in [0.25, 0.3) is 0 Å². The second-order valence-corrected chi connectivity index (χ2v) is 7.31. The molecule has 0 bridgehead atoms. The Bertz CT molecular complexity index is 785. The molecule has 1 amide bonds. The van der Waals surface area contributed by atoms with E-state index in [0.29, 0.717) is 24.4 Å². The van der Waals surface area contributed by atoms with Gasteiger partial charge in [0.15, 0.2) is 16.8 Å². The van der Waals surface area contributed by atoms with Crippen molar-refractivity contribution in [3.8, 4) is 0 Å². The lowest BCUT2D eigenvalue weighted by molar-refractivity contribution is -0.124. The molecule has 2 unspecified atom stereocenters. The number of para-hydroxylation sites is 1. The van der Waals surface area contributed by atoms with Crippen LogP contribution in [-0.2, 0) is 4.79 Å². The zero-order valence-corrected chi connectivity index (χ0v) is 14.6. The number of hydrogen-bond donors (Lipinski definition) is 3. The minimum absolute atomic E-state index is 0.0237. The normalized spacial score (nSPS) is 20.6. The van der Waals surface area contributed by atoms with Crippen molar-refractivity contribution < 1.29 is 9.59 Å². The number of benzene rings is 1. The number of thiazole rings is 1. The summed E-state index contributed by atoms with van der Waals surface area (Å²) in [5.74, 6) is -0.740. The zero-order valence-electron chi connectivity index (χ0n) is 13.8. The summed E-state index contributed by atoms with van der Waals surface area (Å²) >= 11 is 1.39. The molecule has 0 spiro atoms. The van der Waals surface area contributed by atoms with Gasteiger partial charge in [-0.1, -0.05) is 12.1 Å². The highest BCUT2D eigenvalue weighted by molar-refractivity contribution is 7.20. The molecule has 5 N–H and O–H groups in total. The van der Waals surface area contributed by atoms with Crippen molar-refractivity contribution in [3.05, 3.63) is 29.3 Å². The van der Waals surface area contributed by atoms with Gasteiger partial charge in [-0.15, -0.1) is 11.3 Å². The van der Waals surface area contributed by atoms with Crippen molar-refractivity contribution in [2.75, 3.05) is 6.54 Å². The summed E-state index contributed by atoms with van der Waals surface area (Å²) in [4.78, 5) is 30.3. The number of carbonyl (C=O) groups is 2. The molecule has 0 saturated carbocycles. The van der Waals surface area contributed by atoms with E-state index < -0.39 is 11.9 Å². The van der Waals surface area contributed by atoms with E-state index >= 15 is 0 Å². The van der Waals surface area contributed by atoms with Crippen molar-refractivity contribution in [2.24, 2.45) is 17.4 Å². The van der Waals surface area contributed by atoms with Crippen molar-refractivity contribution in [2.45, 2.75) is 31.7 Å². The predicted molar refractivity (Wildman–Crippen MR) is 97.5 cm³/mol. The molecule has 1 aromatic heterocycles. The zero-order chi connectivity index (χ0) is 18.0. The van der Waals surface area contributed by atoms with E-state index in [1.807, 2.05) is 24.3 Å². The molecule has 7 nitrogen and oxygen atoms in total. The van der Waals surface area contributed by atoms with Gasteiger partial charge in [-0.05, 0) is 37.3 Å². The van der Waals surface area contributed by atoms with Gasteiger partial charge in [-0.2, -0.15) is 0 Å². The Morgan fingerprint density at radius 3 is 2.76 bits per heavy atom. The molecule has 1 aromatic carbocycles. The van der Waals surface area contributed by atoms with E-state index in [0.717, 1.165) is 23.1 Å². The quantitative estimate of drug-likeness (QED) is 0.426. The van der Waals surface area contributed by atoms with E-state index in [1.165, 1.54) is 11.3 Å². The first-order valence-corrected chi connectivity index (χ1v) is 9.07. The molecule has 1 fully saturated rings. The topological polar surface area (TPSA) is 126 Å². The van der Waals surface area contributed by atoms with Crippen LogP contribution in [0, 0.1) is 11.3 Å². The predicted octanol–water partition coefficient (Wildman–Crippen LogP) is 1.72. The Balaban J connectivity index is 1.69. The molecular weight excluding hydrogens is 338 g/mol. The van der Waals surface area contributed by atoms with Crippen molar-refractivity contribution >= 4 is 39.2 Å². The van der Waals surface area contributed by atoms with Crippen molar-refractivity contribution in [3.63, 3.8) is 0 Å². The number of carbonyl (C=O) groups excluding carboxylic acids is 2. The molecule has 25 heavy (non-hydrogen) atoms. The molecule has 1 aliphatic rings. The number of Topliss-reactive ketones (excluding diaryl/α,β-unsaturated/α-hetero) is 1. The molecular formula is C17H21N5O2S. The molecule has 1 aliphatic heterocycles. The molecule has 2 aromatic rings. The third-order valence-corrected chi connectivity index (χ3v) is 5.71. The van der Waals surface area contributed by atoms with E-state index in [1.54, 1.807) is 4.90 Å². The lowest BCUT2D eigenvalue weighted by Crippen LogP contribution is -2.56. The minimum Gasteiger partial charge on any atom is -0.370 e. The van der Waals surface area contributed by atoms with Crippen LogP contribution in [-0.4, -0.2) is 40.1 Å². The van der Waals surface area contributed by atoms with E-state index in [2.05, 4.69) is 4.98 Å². The van der Waals surface area contributed by atoms with Crippen LogP contribution in [0.15, 0.2) is 24.3 Å². The van der Waals surface area contributed by atoms with Crippen LogP contribution < -0.4 is 11.5 Å². The van der Waals surface area contributed by atoms with Crippen LogP contribution in [0.3, 0.4) is 0 Å². The fourth-order valence-corrected chi connectivity index (χ4v) is 4.38. The smallest absolute Gasteiger partial charge is 0.240 e. The highest BCUT2D eigenvalue weighted by atomic mass is 32.1. The second kappa shape index (κ2) is 7.18. The molecule has 2 atom stereocenters. The van der Waals surface area contributed by atoms with Crippen LogP contribution in [0.2, 0.25) is 0 Å². The number of piperidine rings is 1. The number of likely N-dealkylation sites (tertiary alicyclic amines) is 1. The average Bonchev–Trinajstić information content (AvgIpc) is 3.03. The summed E-state index contributed by atoms with van der Waals surface area (Å²) < 4.78 is 0.987. The Kier molecular flexibility index (Phi) is 4.98. The summed E-state index contributed by atoms with van der Waals surface area (Å²) in [6.07, 6.45) is 2.46. The Morgan fingerprint density at radius 1 is 1.32 bits per heavy atom. The van der Waals surface area contributed by atoms with Gasteiger partial charge in [-0.3, -0.25) is 15.0 Å². The molecule has 3 rings (SSSR count). The van der Waals surface area contributed by atoms with E-state index in [-0.39, 0.29) is 17.7 Å². The standard InChI is InChI=1S/C17H21N5O2S/c18-15(24)14-10(4-3-9-22(14)17(19)20)7-8-12(23)16-21-11-5-1-2-6-13(11)25-16/h1-2,5-6,10,14H,3-4,7-9H2,(H2,18,24)(H3,19,20). The molecule has 0 radical (unpaired) electrons. The lowest BCUT2D eigenvalue weighted by Gasteiger charge is -2.39. The summed E-state index contributed by atoms with van der Waals surface area (Å²) in [6, 6.07) is 7.03. The fourth-order valence-electron chi connectivity index (χ4n) is 3.45. The van der Waals surface area contributed by atoms with Crippen molar-refractivity contribution in [1.82, 2.24) is 9.88 Å². The van der Waals surface area contributed by atoms with Crippen molar-refractivity contribution in [1.29, 1.82) is 5.41 Å². The number of nitrogens with two attached hydrogens (primary N) is 2. The SMILES string of the molecule is N=C(N)N1CCCC(CCC(=O)c2nc3ccccc3s2)C1C(N)=O. The first-order valence-electron chi connectivity index (χ1n) is 8.26. The largest absolute Gasteiger partial charge is 0.370 e. The fraction of sp³-hybridized carbons (Fsp3) is 0.412. The van der Waals surface area contributed by atoms with Crippen LogP contribution in [0.1, 0.15) is 35.5 Å². The third-order valence-electron chi connectivity index (χ3n) is 4.63. The highest BCUT2D eigenvalue weighted by Crippen LogP contribution is 2.29. The maximum Gasteiger partial charge on any atom is 0.240 e. The highest BCUT2D eigenvalue weighted by Gasteiger charge is 2.36. The van der Waals surface area contributed by atoms with E-state index in [9.17, 15) is 9.59 Å². The second-order valence-electron chi connectivity index (χ2n) is 6.28. The summed E-state index contributed by atoms with van der Waals surface area (Å²) in [7, 11) is 0. The number of hydrogen-bond acceptors (Lipinski definition) is 5. The summed E-state index contributed by atoms with van der Waals surface area (Å²) in [6.45, 7) is 0.547. The van der Waals surface area contributed by atoms with Crippen LogP contribution in [0.25, 0.3) is 10.2 Å². The van der Waals surface area contributed by atoms with E-state index in [4.69, 9.17) is 16.9 Å². The maximum atomic E-state index is 12.5. The molecule has 0 aliphatic carbocycles. The van der Waals surface area contributed by atoms with Gasteiger partial charge >= 0.3 is 0 Å². The number of primary amides is 1.